The highest BCUT2D eigenvalue weighted by atomic mass is 16.5. The molecule has 1 N–H and O–H groups in total. The van der Waals surface area contributed by atoms with Gasteiger partial charge in [-0.1, -0.05) is 6.08 Å². The summed E-state index contributed by atoms with van der Waals surface area (Å²) in [5, 5.41) is 3.30. The summed E-state index contributed by atoms with van der Waals surface area (Å²) in [5.74, 6) is 0.630. The minimum Gasteiger partial charge on any atom is -0.481 e. The van der Waals surface area contributed by atoms with Gasteiger partial charge in [0.15, 0.2) is 0 Å². The lowest BCUT2D eigenvalue weighted by Crippen LogP contribution is -2.14. The van der Waals surface area contributed by atoms with Crippen molar-refractivity contribution in [3.8, 4) is 5.88 Å². The van der Waals surface area contributed by atoms with Crippen molar-refractivity contribution >= 4 is 5.69 Å². The van der Waals surface area contributed by atoms with Crippen molar-refractivity contribution in [3.63, 3.8) is 0 Å². The molecular formula is C12H16N2O2. The highest BCUT2D eigenvalue weighted by Gasteiger charge is 2.03. The summed E-state index contributed by atoms with van der Waals surface area (Å²) in [6.45, 7) is 2.39. The van der Waals surface area contributed by atoms with Gasteiger partial charge in [0.2, 0.25) is 5.88 Å². The third kappa shape index (κ3) is 2.97. The van der Waals surface area contributed by atoms with Gasteiger partial charge in [-0.05, 0) is 18.1 Å². The number of aromatic nitrogens is 1. The molecule has 0 radical (unpaired) electrons. The Morgan fingerprint density at radius 3 is 3.06 bits per heavy atom. The van der Waals surface area contributed by atoms with E-state index in [9.17, 15) is 0 Å². The molecule has 0 atom stereocenters. The highest BCUT2D eigenvalue weighted by Crippen LogP contribution is 2.12. The molecule has 0 unspecified atom stereocenters. The molecule has 2 heterocycles. The van der Waals surface area contributed by atoms with E-state index in [4.69, 9.17) is 9.47 Å². The van der Waals surface area contributed by atoms with E-state index in [1.807, 2.05) is 12.1 Å². The molecule has 4 nitrogen and oxygen atoms in total. The largest absolute Gasteiger partial charge is 0.481 e. The second-order valence-electron chi connectivity index (χ2n) is 3.65. The van der Waals surface area contributed by atoms with E-state index in [1.54, 1.807) is 13.3 Å². The normalized spacial score (nSPS) is 15.4. The number of methoxy groups -OCH3 is 1. The molecule has 0 aliphatic carbocycles. The van der Waals surface area contributed by atoms with Gasteiger partial charge in [-0.25, -0.2) is 4.98 Å². The number of ether oxygens (including phenoxy) is 2. The molecule has 86 valence electrons. The van der Waals surface area contributed by atoms with Crippen molar-refractivity contribution in [2.45, 2.75) is 6.42 Å². The number of hydrogen-bond acceptors (Lipinski definition) is 4. The summed E-state index contributed by atoms with van der Waals surface area (Å²) >= 11 is 0. The van der Waals surface area contributed by atoms with Crippen molar-refractivity contribution < 1.29 is 9.47 Å². The van der Waals surface area contributed by atoms with Gasteiger partial charge in [-0.3, -0.25) is 0 Å². The first-order valence-corrected chi connectivity index (χ1v) is 5.38. The molecular weight excluding hydrogens is 204 g/mol. The van der Waals surface area contributed by atoms with Crippen molar-refractivity contribution in [2.24, 2.45) is 0 Å². The maximum absolute atomic E-state index is 5.36. The summed E-state index contributed by atoms with van der Waals surface area (Å²) in [7, 11) is 1.61. The minimum atomic E-state index is 0.630. The SMILES string of the molecule is COc1ccc(NCC2=CCCOC2)cn1. The lowest BCUT2D eigenvalue weighted by molar-refractivity contribution is 0.150. The Morgan fingerprint density at radius 2 is 2.44 bits per heavy atom. The summed E-state index contributed by atoms with van der Waals surface area (Å²) in [5.41, 5.74) is 2.29. The Hall–Kier alpha value is -1.55. The lowest BCUT2D eigenvalue weighted by atomic mass is 10.2. The summed E-state index contributed by atoms with van der Waals surface area (Å²) in [6.07, 6.45) is 5.01. The fraction of sp³-hybridized carbons (Fsp3) is 0.417. The molecule has 0 bridgehead atoms. The Bertz CT molecular complexity index is 360. The fourth-order valence-electron chi connectivity index (χ4n) is 1.55. The zero-order chi connectivity index (χ0) is 11.2. The molecule has 1 aliphatic rings. The van der Waals surface area contributed by atoms with Crippen LogP contribution in [0.3, 0.4) is 0 Å². The number of pyridine rings is 1. The molecule has 16 heavy (non-hydrogen) atoms. The molecule has 4 heteroatoms. The molecule has 0 amide bonds. The van der Waals surface area contributed by atoms with Gasteiger partial charge in [-0.2, -0.15) is 0 Å². The highest BCUT2D eigenvalue weighted by molar-refractivity contribution is 5.43. The number of hydrogen-bond donors (Lipinski definition) is 1. The van der Waals surface area contributed by atoms with Gasteiger partial charge < -0.3 is 14.8 Å². The molecule has 1 aromatic heterocycles. The standard InChI is InChI=1S/C12H16N2O2/c1-15-12-5-4-11(8-14-12)13-7-10-3-2-6-16-9-10/h3-5,8,13H,2,6-7,9H2,1H3. The van der Waals surface area contributed by atoms with Gasteiger partial charge in [-0.15, -0.1) is 0 Å². The Labute approximate surface area is 95.3 Å². The van der Waals surface area contributed by atoms with Crippen molar-refractivity contribution in [3.05, 3.63) is 30.0 Å². The van der Waals surface area contributed by atoms with Gasteiger partial charge in [0.25, 0.3) is 0 Å². The van der Waals surface area contributed by atoms with Crippen LogP contribution in [0.2, 0.25) is 0 Å². The van der Waals surface area contributed by atoms with Crippen LogP contribution >= 0.6 is 0 Å². The molecule has 0 fully saturated rings. The van der Waals surface area contributed by atoms with E-state index in [2.05, 4.69) is 16.4 Å². The number of anilines is 1. The van der Waals surface area contributed by atoms with Crippen LogP contribution in [0.1, 0.15) is 6.42 Å². The molecule has 0 spiro atoms. The molecule has 0 aromatic carbocycles. The second-order valence-corrected chi connectivity index (χ2v) is 3.65. The van der Waals surface area contributed by atoms with Crippen LogP contribution in [0, 0.1) is 0 Å². The third-order valence-electron chi connectivity index (χ3n) is 2.45. The van der Waals surface area contributed by atoms with Crippen LogP contribution in [-0.2, 0) is 4.74 Å². The van der Waals surface area contributed by atoms with Crippen molar-refractivity contribution in [1.29, 1.82) is 0 Å². The van der Waals surface area contributed by atoms with Gasteiger partial charge in [0, 0.05) is 12.6 Å². The third-order valence-corrected chi connectivity index (χ3v) is 2.45. The first-order valence-electron chi connectivity index (χ1n) is 5.38. The first-order chi connectivity index (χ1) is 7.88. The van der Waals surface area contributed by atoms with E-state index in [0.717, 1.165) is 31.9 Å². The smallest absolute Gasteiger partial charge is 0.213 e. The quantitative estimate of drug-likeness (QED) is 0.786. The monoisotopic (exact) mass is 220 g/mol. The van der Waals surface area contributed by atoms with Gasteiger partial charge >= 0.3 is 0 Å². The molecule has 1 aromatic rings. The predicted octanol–water partition coefficient (Wildman–Crippen LogP) is 1.85. The topological polar surface area (TPSA) is 43.4 Å². The number of nitrogens with one attached hydrogen (secondary N) is 1. The zero-order valence-electron chi connectivity index (χ0n) is 9.40. The van der Waals surface area contributed by atoms with Gasteiger partial charge in [0.05, 0.1) is 32.2 Å². The average molecular weight is 220 g/mol. The fourth-order valence-corrected chi connectivity index (χ4v) is 1.55. The van der Waals surface area contributed by atoms with Crippen LogP contribution in [0.4, 0.5) is 5.69 Å². The summed E-state index contributed by atoms with van der Waals surface area (Å²) < 4.78 is 10.4. The Balaban J connectivity index is 1.86. The second kappa shape index (κ2) is 5.51. The van der Waals surface area contributed by atoms with E-state index in [-0.39, 0.29) is 0 Å². The van der Waals surface area contributed by atoms with Crippen LogP contribution in [0.5, 0.6) is 5.88 Å². The lowest BCUT2D eigenvalue weighted by Gasteiger charge is -2.14. The molecule has 0 saturated carbocycles. The number of rotatable bonds is 4. The molecule has 2 rings (SSSR count). The van der Waals surface area contributed by atoms with Gasteiger partial charge in [0.1, 0.15) is 0 Å². The maximum atomic E-state index is 5.36. The predicted molar refractivity (Wildman–Crippen MR) is 62.8 cm³/mol. The average Bonchev–Trinajstić information content (AvgIpc) is 2.38. The Morgan fingerprint density at radius 1 is 1.50 bits per heavy atom. The zero-order valence-corrected chi connectivity index (χ0v) is 9.40. The minimum absolute atomic E-state index is 0.630. The van der Waals surface area contributed by atoms with E-state index in [1.165, 1.54) is 5.57 Å². The molecule has 1 aliphatic heterocycles. The van der Waals surface area contributed by atoms with E-state index in [0.29, 0.717) is 5.88 Å². The first kappa shape index (κ1) is 11.0. The van der Waals surface area contributed by atoms with E-state index >= 15 is 0 Å². The van der Waals surface area contributed by atoms with Crippen molar-refractivity contribution in [1.82, 2.24) is 4.98 Å². The van der Waals surface area contributed by atoms with Crippen LogP contribution < -0.4 is 10.1 Å². The van der Waals surface area contributed by atoms with Crippen LogP contribution in [-0.4, -0.2) is 31.9 Å². The maximum Gasteiger partial charge on any atom is 0.213 e. The van der Waals surface area contributed by atoms with Crippen molar-refractivity contribution in [2.75, 3.05) is 32.2 Å². The van der Waals surface area contributed by atoms with Crippen LogP contribution in [0.25, 0.3) is 0 Å². The summed E-state index contributed by atoms with van der Waals surface area (Å²) in [6, 6.07) is 3.80. The van der Waals surface area contributed by atoms with Crippen LogP contribution in [0.15, 0.2) is 30.0 Å². The molecule has 0 saturated heterocycles. The number of nitrogens with zero attached hydrogens (tertiary/aromatic N) is 1. The summed E-state index contributed by atoms with van der Waals surface area (Å²) in [4.78, 5) is 4.13. The van der Waals surface area contributed by atoms with E-state index < -0.39 is 0 Å². The Kier molecular flexibility index (Phi) is 3.77.